The number of carboxylic acids is 1. The lowest BCUT2D eigenvalue weighted by atomic mass is 10.1. The van der Waals surface area contributed by atoms with Crippen LogP contribution < -0.4 is 0 Å². The van der Waals surface area contributed by atoms with Gasteiger partial charge in [-0.25, -0.2) is 0 Å². The molecule has 2 atom stereocenters. The lowest BCUT2D eigenvalue weighted by Gasteiger charge is -2.23. The molecule has 0 radical (unpaired) electrons. The fraction of sp³-hybridized carbons (Fsp3) is 0.556. The number of likely N-dealkylation sites (tertiary alicyclic amines) is 1. The maximum atomic E-state index is 12.5. The molecule has 1 aromatic rings. The minimum absolute atomic E-state index is 0.00960. The SMILES string of the molecule is CCc1ccc(CCC(=O)N2CC(OC)CC2CC(=O)O)cc1. The zero-order valence-corrected chi connectivity index (χ0v) is 13.8. The first-order valence-corrected chi connectivity index (χ1v) is 8.15. The lowest BCUT2D eigenvalue weighted by molar-refractivity contribution is -0.139. The summed E-state index contributed by atoms with van der Waals surface area (Å²) in [6.07, 6.45) is 2.60. The number of carboxylic acid groups (broad SMARTS) is 1. The molecule has 0 bridgehead atoms. The van der Waals surface area contributed by atoms with Gasteiger partial charge in [0, 0.05) is 26.1 Å². The Balaban J connectivity index is 1.93. The summed E-state index contributed by atoms with van der Waals surface area (Å²) in [7, 11) is 1.60. The summed E-state index contributed by atoms with van der Waals surface area (Å²) >= 11 is 0. The van der Waals surface area contributed by atoms with E-state index in [1.165, 1.54) is 5.56 Å². The highest BCUT2D eigenvalue weighted by Crippen LogP contribution is 2.24. The molecule has 1 amide bonds. The van der Waals surface area contributed by atoms with Gasteiger partial charge in [0.1, 0.15) is 0 Å². The summed E-state index contributed by atoms with van der Waals surface area (Å²) < 4.78 is 5.30. The topological polar surface area (TPSA) is 66.8 Å². The van der Waals surface area contributed by atoms with Gasteiger partial charge >= 0.3 is 5.97 Å². The van der Waals surface area contributed by atoms with Crippen LogP contribution in [-0.4, -0.2) is 47.7 Å². The highest BCUT2D eigenvalue weighted by atomic mass is 16.5. The quantitative estimate of drug-likeness (QED) is 0.837. The summed E-state index contributed by atoms with van der Waals surface area (Å²) in [5, 5.41) is 9.01. The number of hydrogen-bond donors (Lipinski definition) is 1. The van der Waals surface area contributed by atoms with Gasteiger partial charge in [-0.05, 0) is 30.4 Å². The molecule has 1 N–H and O–H groups in total. The predicted molar refractivity (Wildman–Crippen MR) is 87.3 cm³/mol. The van der Waals surface area contributed by atoms with Gasteiger partial charge in [-0.3, -0.25) is 9.59 Å². The Hall–Kier alpha value is -1.88. The highest BCUT2D eigenvalue weighted by molar-refractivity contribution is 5.78. The number of methoxy groups -OCH3 is 1. The average Bonchev–Trinajstić information content (AvgIpc) is 2.95. The number of rotatable bonds is 7. The van der Waals surface area contributed by atoms with Crippen molar-refractivity contribution in [3.63, 3.8) is 0 Å². The van der Waals surface area contributed by atoms with Crippen LogP contribution in [0.15, 0.2) is 24.3 Å². The third kappa shape index (κ3) is 4.79. The van der Waals surface area contributed by atoms with Crippen LogP contribution >= 0.6 is 0 Å². The van der Waals surface area contributed by atoms with Gasteiger partial charge in [-0.15, -0.1) is 0 Å². The maximum absolute atomic E-state index is 12.5. The second kappa shape index (κ2) is 8.11. The molecule has 1 aliphatic heterocycles. The Morgan fingerprint density at radius 2 is 1.91 bits per heavy atom. The summed E-state index contributed by atoms with van der Waals surface area (Å²) in [6, 6.07) is 8.03. The number of carbonyl (C=O) groups is 2. The fourth-order valence-corrected chi connectivity index (χ4v) is 3.08. The lowest BCUT2D eigenvalue weighted by Crippen LogP contribution is -2.37. The fourth-order valence-electron chi connectivity index (χ4n) is 3.08. The van der Waals surface area contributed by atoms with Gasteiger partial charge in [-0.2, -0.15) is 0 Å². The van der Waals surface area contributed by atoms with Gasteiger partial charge in [0.25, 0.3) is 0 Å². The van der Waals surface area contributed by atoms with Crippen LogP contribution in [0.5, 0.6) is 0 Å². The van der Waals surface area contributed by atoms with Crippen LogP contribution in [0.2, 0.25) is 0 Å². The Labute approximate surface area is 137 Å². The molecule has 0 spiro atoms. The van der Waals surface area contributed by atoms with Crippen molar-refractivity contribution >= 4 is 11.9 Å². The molecule has 2 unspecified atom stereocenters. The zero-order chi connectivity index (χ0) is 16.8. The van der Waals surface area contributed by atoms with Crippen molar-refractivity contribution in [1.29, 1.82) is 0 Å². The largest absolute Gasteiger partial charge is 0.481 e. The standard InChI is InChI=1S/C18H25NO4/c1-3-13-4-6-14(7-5-13)8-9-17(20)19-12-16(23-2)10-15(19)11-18(21)22/h4-7,15-16H,3,8-12H2,1-2H3,(H,21,22). The predicted octanol–water partition coefficient (Wildman–Crippen LogP) is 2.27. The number of amides is 1. The molecule has 126 valence electrons. The van der Waals surface area contributed by atoms with Crippen molar-refractivity contribution in [3.05, 3.63) is 35.4 Å². The molecule has 0 aromatic heterocycles. The van der Waals surface area contributed by atoms with Gasteiger partial charge in [0.2, 0.25) is 5.91 Å². The number of nitrogens with zero attached hydrogens (tertiary/aromatic N) is 1. The molecule has 1 aliphatic rings. The molecular weight excluding hydrogens is 294 g/mol. The molecule has 2 rings (SSSR count). The Morgan fingerprint density at radius 3 is 2.48 bits per heavy atom. The van der Waals surface area contributed by atoms with Crippen LogP contribution in [0.1, 0.15) is 37.3 Å². The molecule has 5 nitrogen and oxygen atoms in total. The number of aryl methyl sites for hydroxylation is 2. The average molecular weight is 319 g/mol. The second-order valence-electron chi connectivity index (χ2n) is 6.06. The van der Waals surface area contributed by atoms with E-state index in [9.17, 15) is 9.59 Å². The molecular formula is C18H25NO4. The smallest absolute Gasteiger partial charge is 0.305 e. The molecule has 0 aliphatic carbocycles. The third-order valence-electron chi connectivity index (χ3n) is 4.50. The van der Waals surface area contributed by atoms with Crippen molar-refractivity contribution in [2.45, 2.75) is 51.2 Å². The third-order valence-corrected chi connectivity index (χ3v) is 4.50. The molecule has 1 saturated heterocycles. The van der Waals surface area contributed by atoms with Gasteiger partial charge < -0.3 is 14.7 Å². The maximum Gasteiger partial charge on any atom is 0.305 e. The van der Waals surface area contributed by atoms with Crippen LogP contribution in [0.4, 0.5) is 0 Å². The second-order valence-corrected chi connectivity index (χ2v) is 6.06. The number of ether oxygens (including phenoxy) is 1. The zero-order valence-electron chi connectivity index (χ0n) is 13.8. The first-order valence-electron chi connectivity index (χ1n) is 8.15. The molecule has 23 heavy (non-hydrogen) atoms. The number of hydrogen-bond acceptors (Lipinski definition) is 3. The molecule has 1 heterocycles. The number of carbonyl (C=O) groups excluding carboxylic acids is 1. The minimum Gasteiger partial charge on any atom is -0.481 e. The number of benzene rings is 1. The van der Waals surface area contributed by atoms with Gasteiger partial charge in [0.15, 0.2) is 0 Å². The van der Waals surface area contributed by atoms with Crippen molar-refractivity contribution < 1.29 is 19.4 Å². The Kier molecular flexibility index (Phi) is 6.16. The van der Waals surface area contributed by atoms with E-state index in [-0.39, 0.29) is 24.5 Å². The molecule has 0 saturated carbocycles. The van der Waals surface area contributed by atoms with E-state index in [0.29, 0.717) is 25.8 Å². The monoisotopic (exact) mass is 319 g/mol. The van der Waals surface area contributed by atoms with E-state index in [4.69, 9.17) is 9.84 Å². The van der Waals surface area contributed by atoms with Crippen molar-refractivity contribution in [3.8, 4) is 0 Å². The van der Waals surface area contributed by atoms with Crippen LogP contribution in [0.3, 0.4) is 0 Å². The van der Waals surface area contributed by atoms with E-state index >= 15 is 0 Å². The first-order chi connectivity index (χ1) is 11.0. The molecule has 5 heteroatoms. The molecule has 1 aromatic carbocycles. The first kappa shape index (κ1) is 17.5. The number of aliphatic carboxylic acids is 1. The Morgan fingerprint density at radius 1 is 1.26 bits per heavy atom. The van der Waals surface area contributed by atoms with Crippen molar-refractivity contribution in [2.24, 2.45) is 0 Å². The van der Waals surface area contributed by atoms with Crippen LogP contribution in [0, 0.1) is 0 Å². The summed E-state index contributed by atoms with van der Waals surface area (Å²) in [5.74, 6) is -0.866. The minimum atomic E-state index is -0.875. The van der Waals surface area contributed by atoms with Gasteiger partial charge in [-0.1, -0.05) is 31.2 Å². The normalized spacial score (nSPS) is 20.7. The van der Waals surface area contributed by atoms with Crippen molar-refractivity contribution in [1.82, 2.24) is 4.90 Å². The summed E-state index contributed by atoms with van der Waals surface area (Å²) in [4.78, 5) is 25.1. The van der Waals surface area contributed by atoms with E-state index in [0.717, 1.165) is 12.0 Å². The van der Waals surface area contributed by atoms with E-state index in [2.05, 4.69) is 31.2 Å². The van der Waals surface area contributed by atoms with Crippen molar-refractivity contribution in [2.75, 3.05) is 13.7 Å². The van der Waals surface area contributed by atoms with Crippen LogP contribution in [-0.2, 0) is 27.2 Å². The highest BCUT2D eigenvalue weighted by Gasteiger charge is 2.36. The van der Waals surface area contributed by atoms with E-state index in [1.807, 2.05) is 0 Å². The van der Waals surface area contributed by atoms with Crippen LogP contribution in [0.25, 0.3) is 0 Å². The summed E-state index contributed by atoms with van der Waals surface area (Å²) in [5.41, 5.74) is 2.41. The van der Waals surface area contributed by atoms with E-state index in [1.54, 1.807) is 12.0 Å². The Bertz CT molecular complexity index is 540. The van der Waals surface area contributed by atoms with E-state index < -0.39 is 5.97 Å². The van der Waals surface area contributed by atoms with Gasteiger partial charge in [0.05, 0.1) is 12.5 Å². The summed E-state index contributed by atoms with van der Waals surface area (Å²) in [6.45, 7) is 2.60. The molecule has 1 fully saturated rings.